The summed E-state index contributed by atoms with van der Waals surface area (Å²) in [7, 11) is -2.56. The van der Waals surface area contributed by atoms with Gasteiger partial charge in [0.05, 0.1) is 16.8 Å². The van der Waals surface area contributed by atoms with Crippen molar-refractivity contribution >= 4 is 26.7 Å². The number of nitrogens with zero attached hydrogens (tertiary/aromatic N) is 2. The maximum atomic E-state index is 13.2. The summed E-state index contributed by atoms with van der Waals surface area (Å²) < 4.78 is 32.2. The molecule has 0 spiro atoms. The Balaban J connectivity index is 1.71. The van der Waals surface area contributed by atoms with Gasteiger partial charge in [-0.15, -0.1) is 5.10 Å². The van der Waals surface area contributed by atoms with Gasteiger partial charge in [-0.3, -0.25) is 9.59 Å². The molecule has 1 heterocycles. The molecule has 0 amide bonds. The number of nitrogens with one attached hydrogen (secondary N) is 1. The molecule has 8 nitrogen and oxygen atoms in total. The molecule has 1 aromatic heterocycles. The monoisotopic (exact) mass is 505 g/mol. The number of likely N-dealkylation sites (N-methyl/N-ethyl adjacent to an activating group) is 1. The zero-order chi connectivity index (χ0) is 25.9. The fourth-order valence-electron chi connectivity index (χ4n) is 3.93. The van der Waals surface area contributed by atoms with Gasteiger partial charge in [-0.1, -0.05) is 61.0 Å². The van der Waals surface area contributed by atoms with Crippen LogP contribution in [0.15, 0.2) is 82.5 Å². The van der Waals surface area contributed by atoms with E-state index in [0.29, 0.717) is 0 Å². The minimum absolute atomic E-state index is 0.0430. The molecule has 0 fully saturated rings. The Morgan fingerprint density at radius 3 is 2.25 bits per heavy atom. The van der Waals surface area contributed by atoms with Crippen LogP contribution >= 0.6 is 0 Å². The largest absolute Gasteiger partial charge is 0.356 e. The van der Waals surface area contributed by atoms with E-state index in [9.17, 15) is 18.0 Å². The SMILES string of the molecule is CCc1ccc(C(NC)C(=O)Cn2nc(OS(=O)(=O)c3ccc(C)cc3)c3ccccc3c2=O)cc1. The molecular weight excluding hydrogens is 478 g/mol. The van der Waals surface area contributed by atoms with Crippen LogP contribution in [0.4, 0.5) is 0 Å². The molecule has 3 aromatic carbocycles. The van der Waals surface area contributed by atoms with Crippen molar-refractivity contribution in [1.82, 2.24) is 15.1 Å². The highest BCUT2D eigenvalue weighted by molar-refractivity contribution is 7.87. The normalized spacial score (nSPS) is 12.4. The number of carbonyl (C=O) groups is 1. The quantitative estimate of drug-likeness (QED) is 0.347. The fraction of sp³-hybridized carbons (Fsp3) is 0.222. The standard InChI is InChI=1S/C27H27N3O5S/c1-4-19-11-13-20(14-12-19)25(28-3)24(31)17-30-27(32)23-8-6-5-7-22(23)26(29-30)35-36(33,34)21-15-9-18(2)10-16-21/h5-16,25,28H,4,17H2,1-3H3. The lowest BCUT2D eigenvalue weighted by Gasteiger charge is -2.17. The van der Waals surface area contributed by atoms with Gasteiger partial charge in [0.1, 0.15) is 11.4 Å². The van der Waals surface area contributed by atoms with Crippen molar-refractivity contribution in [3.05, 3.63) is 99.8 Å². The number of benzene rings is 3. The Labute approximate surface area is 209 Å². The average Bonchev–Trinajstić information content (AvgIpc) is 2.88. The fourth-order valence-corrected chi connectivity index (χ4v) is 4.82. The van der Waals surface area contributed by atoms with Gasteiger partial charge in [0, 0.05) is 0 Å². The van der Waals surface area contributed by atoms with Crippen molar-refractivity contribution in [2.24, 2.45) is 0 Å². The number of hydrogen-bond acceptors (Lipinski definition) is 7. The maximum Gasteiger partial charge on any atom is 0.340 e. The van der Waals surface area contributed by atoms with E-state index in [-0.39, 0.29) is 33.9 Å². The number of hydrogen-bond donors (Lipinski definition) is 1. The third-order valence-electron chi connectivity index (χ3n) is 5.97. The average molecular weight is 506 g/mol. The van der Waals surface area contributed by atoms with E-state index in [4.69, 9.17) is 4.18 Å². The van der Waals surface area contributed by atoms with Gasteiger partial charge in [0.2, 0.25) is 0 Å². The molecule has 0 aliphatic heterocycles. The third kappa shape index (κ3) is 5.22. The van der Waals surface area contributed by atoms with Crippen LogP contribution in [0.25, 0.3) is 10.8 Å². The highest BCUT2D eigenvalue weighted by Gasteiger charge is 2.24. The Hall–Kier alpha value is -3.82. The molecule has 1 unspecified atom stereocenters. The minimum atomic E-state index is -4.23. The molecule has 1 N–H and O–H groups in total. The first-order valence-corrected chi connectivity index (χ1v) is 12.9. The van der Waals surface area contributed by atoms with Gasteiger partial charge in [-0.05, 0) is 55.8 Å². The van der Waals surface area contributed by atoms with Crippen LogP contribution in [-0.4, -0.2) is 31.0 Å². The van der Waals surface area contributed by atoms with Gasteiger partial charge in [-0.2, -0.15) is 8.42 Å². The van der Waals surface area contributed by atoms with E-state index in [1.807, 2.05) is 38.1 Å². The summed E-state index contributed by atoms with van der Waals surface area (Å²) in [6.45, 7) is 3.52. The van der Waals surface area contributed by atoms with E-state index in [2.05, 4.69) is 10.4 Å². The lowest BCUT2D eigenvalue weighted by molar-refractivity contribution is -0.121. The summed E-state index contributed by atoms with van der Waals surface area (Å²) in [4.78, 5) is 26.3. The molecule has 186 valence electrons. The van der Waals surface area contributed by atoms with E-state index in [0.717, 1.165) is 27.8 Å². The smallest absolute Gasteiger partial charge is 0.340 e. The first kappa shape index (κ1) is 25.3. The lowest BCUT2D eigenvalue weighted by atomic mass is 10.0. The number of fused-ring (bicyclic) bond motifs is 1. The minimum Gasteiger partial charge on any atom is -0.356 e. The van der Waals surface area contributed by atoms with Crippen molar-refractivity contribution in [1.29, 1.82) is 0 Å². The van der Waals surface area contributed by atoms with Crippen LogP contribution < -0.4 is 15.1 Å². The molecule has 1 atom stereocenters. The number of aryl methyl sites for hydroxylation is 2. The van der Waals surface area contributed by atoms with E-state index >= 15 is 0 Å². The summed E-state index contributed by atoms with van der Waals surface area (Å²) in [5.41, 5.74) is 2.28. The van der Waals surface area contributed by atoms with E-state index in [1.165, 1.54) is 12.1 Å². The molecule has 4 aromatic rings. The second kappa shape index (κ2) is 10.4. The molecule has 0 saturated carbocycles. The molecule has 0 saturated heterocycles. The van der Waals surface area contributed by atoms with E-state index in [1.54, 1.807) is 43.4 Å². The van der Waals surface area contributed by atoms with Crippen LogP contribution in [0.3, 0.4) is 0 Å². The van der Waals surface area contributed by atoms with Crippen molar-refractivity contribution in [3.63, 3.8) is 0 Å². The Morgan fingerprint density at radius 2 is 1.64 bits per heavy atom. The second-order valence-corrected chi connectivity index (χ2v) is 9.99. The lowest BCUT2D eigenvalue weighted by Crippen LogP contribution is -2.34. The molecule has 36 heavy (non-hydrogen) atoms. The topological polar surface area (TPSA) is 107 Å². The van der Waals surface area contributed by atoms with Crippen LogP contribution in [-0.2, 0) is 27.9 Å². The van der Waals surface area contributed by atoms with Crippen LogP contribution in [0.5, 0.6) is 5.88 Å². The summed E-state index contributed by atoms with van der Waals surface area (Å²) in [5, 5.41) is 7.59. The molecule has 4 rings (SSSR count). The first-order chi connectivity index (χ1) is 17.2. The highest BCUT2D eigenvalue weighted by atomic mass is 32.2. The molecule has 9 heteroatoms. The van der Waals surface area contributed by atoms with Gasteiger partial charge in [-0.25, -0.2) is 4.68 Å². The molecular formula is C27H27N3O5S. The zero-order valence-corrected chi connectivity index (χ0v) is 21.1. The predicted molar refractivity (Wildman–Crippen MR) is 138 cm³/mol. The van der Waals surface area contributed by atoms with Crippen molar-refractivity contribution in [2.75, 3.05) is 7.05 Å². The Kier molecular flexibility index (Phi) is 7.32. The van der Waals surface area contributed by atoms with Gasteiger partial charge in [0.25, 0.3) is 11.4 Å². The van der Waals surface area contributed by atoms with Crippen LogP contribution in [0.2, 0.25) is 0 Å². The summed E-state index contributed by atoms with van der Waals surface area (Å²) in [6.07, 6.45) is 0.878. The van der Waals surface area contributed by atoms with Crippen LogP contribution in [0, 0.1) is 6.92 Å². The maximum absolute atomic E-state index is 13.2. The molecule has 0 aliphatic rings. The summed E-state index contributed by atoms with van der Waals surface area (Å²) in [5.74, 6) is -0.578. The Morgan fingerprint density at radius 1 is 1.00 bits per heavy atom. The zero-order valence-electron chi connectivity index (χ0n) is 20.3. The van der Waals surface area contributed by atoms with Gasteiger partial charge in [0.15, 0.2) is 5.78 Å². The number of rotatable bonds is 9. The molecule has 0 bridgehead atoms. The number of aromatic nitrogens is 2. The summed E-state index contributed by atoms with van der Waals surface area (Å²) in [6, 6.07) is 19.6. The number of ketones is 1. The molecule has 0 aliphatic carbocycles. The third-order valence-corrected chi connectivity index (χ3v) is 7.20. The van der Waals surface area contributed by atoms with E-state index < -0.39 is 21.7 Å². The van der Waals surface area contributed by atoms with Crippen molar-refractivity contribution in [2.45, 2.75) is 37.8 Å². The van der Waals surface area contributed by atoms with Crippen molar-refractivity contribution in [3.8, 4) is 5.88 Å². The van der Waals surface area contributed by atoms with Crippen molar-refractivity contribution < 1.29 is 17.4 Å². The number of Topliss-reactive ketones (excluding diaryl/α,β-unsaturated/α-hetero) is 1. The highest BCUT2D eigenvalue weighted by Crippen LogP contribution is 2.25. The number of carbonyl (C=O) groups excluding carboxylic acids is 1. The molecule has 0 radical (unpaired) electrons. The Bertz CT molecular complexity index is 1560. The van der Waals surface area contributed by atoms with Gasteiger partial charge < -0.3 is 9.50 Å². The predicted octanol–water partition coefficient (Wildman–Crippen LogP) is 3.56. The van der Waals surface area contributed by atoms with Gasteiger partial charge >= 0.3 is 10.1 Å². The van der Waals surface area contributed by atoms with Crippen LogP contribution in [0.1, 0.15) is 29.7 Å². The first-order valence-electron chi connectivity index (χ1n) is 11.5. The second-order valence-electron chi connectivity index (χ2n) is 8.45. The summed E-state index contributed by atoms with van der Waals surface area (Å²) >= 11 is 0.